The first kappa shape index (κ1) is 12.8. The Labute approximate surface area is 98.3 Å². The summed E-state index contributed by atoms with van der Waals surface area (Å²) >= 11 is 0. The van der Waals surface area contributed by atoms with Crippen molar-refractivity contribution in [3.8, 4) is 0 Å². The van der Waals surface area contributed by atoms with Crippen molar-refractivity contribution in [2.24, 2.45) is 0 Å². The van der Waals surface area contributed by atoms with Crippen molar-refractivity contribution in [2.45, 2.75) is 12.5 Å². The van der Waals surface area contributed by atoms with Gasteiger partial charge in [0.05, 0.1) is 6.26 Å². The molecule has 1 aromatic heterocycles. The van der Waals surface area contributed by atoms with Crippen LogP contribution >= 0.6 is 0 Å². The van der Waals surface area contributed by atoms with Crippen molar-refractivity contribution in [2.75, 3.05) is 6.54 Å². The van der Waals surface area contributed by atoms with Crippen LogP contribution in [0.5, 0.6) is 0 Å². The summed E-state index contributed by atoms with van der Waals surface area (Å²) in [6, 6.07) is 2.44. The first-order chi connectivity index (χ1) is 8.00. The van der Waals surface area contributed by atoms with Gasteiger partial charge in [0.2, 0.25) is 0 Å². The van der Waals surface area contributed by atoms with Gasteiger partial charge in [0, 0.05) is 6.54 Å². The van der Waals surface area contributed by atoms with Gasteiger partial charge in [-0.3, -0.25) is 0 Å². The van der Waals surface area contributed by atoms with Gasteiger partial charge >= 0.3 is 12.0 Å². The Morgan fingerprint density at radius 1 is 1.65 bits per heavy atom. The maximum absolute atomic E-state index is 11.4. The third-order valence-corrected chi connectivity index (χ3v) is 2.21. The lowest BCUT2D eigenvalue weighted by Crippen LogP contribution is -2.52. The Morgan fingerprint density at radius 3 is 2.82 bits per heavy atom. The maximum Gasteiger partial charge on any atom is 0.337 e. The number of amides is 2. The van der Waals surface area contributed by atoms with Crippen molar-refractivity contribution in [3.05, 3.63) is 36.8 Å². The highest BCUT2D eigenvalue weighted by Gasteiger charge is 2.39. The number of carboxylic acid groups (broad SMARTS) is 1. The van der Waals surface area contributed by atoms with Gasteiger partial charge < -0.3 is 20.2 Å². The Morgan fingerprint density at radius 2 is 2.35 bits per heavy atom. The highest BCUT2D eigenvalue weighted by molar-refractivity contribution is 5.86. The van der Waals surface area contributed by atoms with E-state index in [1.165, 1.54) is 25.3 Å². The van der Waals surface area contributed by atoms with Crippen molar-refractivity contribution in [1.29, 1.82) is 0 Å². The Hall–Kier alpha value is -2.24. The van der Waals surface area contributed by atoms with E-state index in [0.717, 1.165) is 0 Å². The average Bonchev–Trinajstić information content (AvgIpc) is 2.79. The predicted molar refractivity (Wildman–Crippen MR) is 60.4 cm³/mol. The summed E-state index contributed by atoms with van der Waals surface area (Å²) in [4.78, 5) is 22.6. The molecular weight excluding hydrogens is 224 g/mol. The minimum Gasteiger partial charge on any atom is -0.479 e. The third-order valence-electron chi connectivity index (χ3n) is 2.21. The van der Waals surface area contributed by atoms with Crippen LogP contribution in [0.15, 0.2) is 35.5 Å². The minimum atomic E-state index is -1.60. The maximum atomic E-state index is 11.4. The van der Waals surface area contributed by atoms with Crippen LogP contribution < -0.4 is 10.6 Å². The van der Waals surface area contributed by atoms with Crippen molar-refractivity contribution >= 4 is 12.0 Å². The molecule has 1 rings (SSSR count). The summed E-state index contributed by atoms with van der Waals surface area (Å²) in [7, 11) is 0. The molecule has 0 fully saturated rings. The van der Waals surface area contributed by atoms with Crippen LogP contribution in [0.4, 0.5) is 4.79 Å². The van der Waals surface area contributed by atoms with E-state index in [4.69, 9.17) is 9.52 Å². The highest BCUT2D eigenvalue weighted by atomic mass is 16.4. The standard InChI is InChI=1S/C11H14N2O4/c1-3-6-12-10(16)13-11(2,9(14)15)8-5-4-7-17-8/h3-5,7H,1,6H2,2H3,(H,14,15)(H2,12,13,16). The molecule has 0 aromatic carbocycles. The number of hydrogen-bond donors (Lipinski definition) is 3. The molecule has 6 nitrogen and oxygen atoms in total. The number of urea groups is 1. The van der Waals surface area contributed by atoms with Gasteiger partial charge in [-0.2, -0.15) is 0 Å². The monoisotopic (exact) mass is 238 g/mol. The molecular formula is C11H14N2O4. The van der Waals surface area contributed by atoms with Crippen LogP contribution in [0.3, 0.4) is 0 Å². The second-order valence-electron chi connectivity index (χ2n) is 3.53. The molecule has 0 aliphatic carbocycles. The van der Waals surface area contributed by atoms with Crippen LogP contribution in [0.2, 0.25) is 0 Å². The smallest absolute Gasteiger partial charge is 0.337 e. The number of hydrogen-bond acceptors (Lipinski definition) is 3. The molecule has 2 amide bonds. The van der Waals surface area contributed by atoms with Gasteiger partial charge in [-0.05, 0) is 19.1 Å². The van der Waals surface area contributed by atoms with Crippen molar-refractivity contribution in [3.63, 3.8) is 0 Å². The molecule has 0 saturated carbocycles. The average molecular weight is 238 g/mol. The normalized spacial score (nSPS) is 13.5. The van der Waals surface area contributed by atoms with E-state index in [1.54, 1.807) is 6.07 Å². The summed E-state index contributed by atoms with van der Waals surface area (Å²) in [6.07, 6.45) is 2.84. The number of carboxylic acids is 1. The largest absolute Gasteiger partial charge is 0.479 e. The van der Waals surface area contributed by atoms with Gasteiger partial charge in [0.15, 0.2) is 5.54 Å². The zero-order chi connectivity index (χ0) is 12.9. The van der Waals surface area contributed by atoms with Crippen LogP contribution in [0, 0.1) is 0 Å². The molecule has 1 heterocycles. The van der Waals surface area contributed by atoms with Crippen LogP contribution in [-0.4, -0.2) is 23.7 Å². The predicted octanol–water partition coefficient (Wildman–Crippen LogP) is 1.06. The summed E-state index contributed by atoms with van der Waals surface area (Å²) < 4.78 is 5.02. The summed E-state index contributed by atoms with van der Waals surface area (Å²) in [5, 5.41) is 13.9. The van der Waals surface area contributed by atoms with Gasteiger partial charge in [0.1, 0.15) is 5.76 Å². The SMILES string of the molecule is C=CCNC(=O)NC(C)(C(=O)O)c1ccco1. The number of nitrogens with one attached hydrogen (secondary N) is 2. The molecule has 92 valence electrons. The number of furan rings is 1. The summed E-state index contributed by atoms with van der Waals surface area (Å²) in [6.45, 7) is 5.04. The number of carbonyl (C=O) groups is 2. The second kappa shape index (κ2) is 5.20. The van der Waals surface area contributed by atoms with E-state index in [9.17, 15) is 9.59 Å². The molecule has 0 bridgehead atoms. The van der Waals surface area contributed by atoms with Crippen molar-refractivity contribution in [1.82, 2.24) is 10.6 Å². The zero-order valence-corrected chi connectivity index (χ0v) is 9.40. The van der Waals surface area contributed by atoms with E-state index in [1.807, 2.05) is 0 Å². The number of carbonyl (C=O) groups excluding carboxylic acids is 1. The van der Waals surface area contributed by atoms with Gasteiger partial charge in [-0.25, -0.2) is 9.59 Å². The lowest BCUT2D eigenvalue weighted by Gasteiger charge is -2.23. The fourth-order valence-corrected chi connectivity index (χ4v) is 1.22. The number of rotatable bonds is 5. The topological polar surface area (TPSA) is 91.6 Å². The molecule has 0 radical (unpaired) electrons. The van der Waals surface area contributed by atoms with Gasteiger partial charge in [0.25, 0.3) is 0 Å². The Kier molecular flexibility index (Phi) is 3.92. The van der Waals surface area contributed by atoms with E-state index in [2.05, 4.69) is 17.2 Å². The molecule has 17 heavy (non-hydrogen) atoms. The molecule has 3 N–H and O–H groups in total. The zero-order valence-electron chi connectivity index (χ0n) is 9.40. The molecule has 0 saturated heterocycles. The summed E-state index contributed by atoms with van der Waals surface area (Å²) in [5.41, 5.74) is -1.60. The number of aliphatic carboxylic acids is 1. The molecule has 1 unspecified atom stereocenters. The Balaban J connectivity index is 2.83. The van der Waals surface area contributed by atoms with E-state index < -0.39 is 17.5 Å². The molecule has 0 spiro atoms. The van der Waals surface area contributed by atoms with Gasteiger partial charge in [-0.15, -0.1) is 6.58 Å². The van der Waals surface area contributed by atoms with Crippen LogP contribution in [0.1, 0.15) is 12.7 Å². The van der Waals surface area contributed by atoms with E-state index in [0.29, 0.717) is 0 Å². The third kappa shape index (κ3) is 2.87. The van der Waals surface area contributed by atoms with Crippen LogP contribution in [-0.2, 0) is 10.3 Å². The molecule has 0 aliphatic rings. The lowest BCUT2D eigenvalue weighted by molar-refractivity contribution is -0.144. The molecule has 6 heteroatoms. The first-order valence-electron chi connectivity index (χ1n) is 4.95. The van der Waals surface area contributed by atoms with Gasteiger partial charge in [-0.1, -0.05) is 6.08 Å². The first-order valence-corrected chi connectivity index (χ1v) is 4.95. The molecule has 0 aliphatic heterocycles. The van der Waals surface area contributed by atoms with Crippen LogP contribution in [0.25, 0.3) is 0 Å². The molecule has 1 aromatic rings. The summed E-state index contributed by atoms with van der Waals surface area (Å²) in [5.74, 6) is -1.06. The van der Waals surface area contributed by atoms with E-state index in [-0.39, 0.29) is 12.3 Å². The fourth-order valence-electron chi connectivity index (χ4n) is 1.22. The lowest BCUT2D eigenvalue weighted by atomic mass is 9.99. The second-order valence-corrected chi connectivity index (χ2v) is 3.53. The highest BCUT2D eigenvalue weighted by Crippen LogP contribution is 2.21. The Bertz CT molecular complexity index is 413. The fraction of sp³-hybridized carbons (Fsp3) is 0.273. The quantitative estimate of drug-likeness (QED) is 0.669. The minimum absolute atomic E-state index is 0.152. The molecule has 1 atom stereocenters. The van der Waals surface area contributed by atoms with Crippen molar-refractivity contribution < 1.29 is 19.1 Å². The van der Waals surface area contributed by atoms with E-state index >= 15 is 0 Å².